The molecule has 1 aliphatic carbocycles. The summed E-state index contributed by atoms with van der Waals surface area (Å²) in [6.07, 6.45) is 3.34. The lowest BCUT2D eigenvalue weighted by Crippen LogP contribution is -2.53. The van der Waals surface area contributed by atoms with Gasteiger partial charge in [-0.1, -0.05) is 0 Å². The summed E-state index contributed by atoms with van der Waals surface area (Å²) in [5.74, 6) is 1.26. The standard InChI is InChI=1S/C15H18N2O2S2/c18-13-9-16(5-6-17(13)10-1-2-10)15(19)14-11-3-7-20-12(11)4-8-21-14/h3,7,10,14H,1-2,4-6,8-9H2/t14-/m1/s1. The van der Waals surface area contributed by atoms with Gasteiger partial charge in [0.15, 0.2) is 0 Å². The summed E-state index contributed by atoms with van der Waals surface area (Å²) in [7, 11) is 0. The quantitative estimate of drug-likeness (QED) is 0.835. The van der Waals surface area contributed by atoms with Crippen molar-refractivity contribution in [2.24, 2.45) is 0 Å². The maximum absolute atomic E-state index is 12.8. The normalized spacial score (nSPS) is 25.9. The van der Waals surface area contributed by atoms with Crippen LogP contribution in [0.25, 0.3) is 0 Å². The van der Waals surface area contributed by atoms with Gasteiger partial charge >= 0.3 is 0 Å². The van der Waals surface area contributed by atoms with E-state index < -0.39 is 0 Å². The van der Waals surface area contributed by atoms with Crippen molar-refractivity contribution in [3.8, 4) is 0 Å². The van der Waals surface area contributed by atoms with Crippen LogP contribution in [-0.2, 0) is 16.0 Å². The number of fused-ring (bicyclic) bond motifs is 1. The summed E-state index contributed by atoms with van der Waals surface area (Å²) < 4.78 is 0. The predicted octanol–water partition coefficient (Wildman–Crippen LogP) is 1.91. The number of rotatable bonds is 2. The summed E-state index contributed by atoms with van der Waals surface area (Å²) in [5.41, 5.74) is 1.18. The first-order valence-electron chi connectivity index (χ1n) is 7.50. The molecule has 0 radical (unpaired) electrons. The van der Waals surface area contributed by atoms with Crippen LogP contribution in [0.1, 0.15) is 28.5 Å². The lowest BCUT2D eigenvalue weighted by Gasteiger charge is -2.36. The highest BCUT2D eigenvalue weighted by molar-refractivity contribution is 8.00. The van der Waals surface area contributed by atoms with Crippen LogP contribution in [0, 0.1) is 0 Å². The molecule has 3 aliphatic rings. The molecule has 4 nitrogen and oxygen atoms in total. The molecule has 0 unspecified atom stereocenters. The molecule has 1 aromatic rings. The highest BCUT2D eigenvalue weighted by Gasteiger charge is 2.39. The van der Waals surface area contributed by atoms with Crippen LogP contribution in [0.5, 0.6) is 0 Å². The molecule has 1 aromatic heterocycles. The van der Waals surface area contributed by atoms with Gasteiger partial charge in [0.05, 0.1) is 6.54 Å². The predicted molar refractivity (Wildman–Crippen MR) is 84.5 cm³/mol. The molecular weight excluding hydrogens is 304 g/mol. The van der Waals surface area contributed by atoms with Crippen molar-refractivity contribution in [1.29, 1.82) is 0 Å². The number of thioether (sulfide) groups is 1. The smallest absolute Gasteiger partial charge is 0.242 e. The summed E-state index contributed by atoms with van der Waals surface area (Å²) in [5, 5.41) is 1.98. The SMILES string of the molecule is O=C([C@@H]1SCCc2sccc21)N1CCN(C2CC2)C(=O)C1. The fraction of sp³-hybridized carbons (Fsp3) is 0.600. The zero-order valence-corrected chi connectivity index (χ0v) is 13.4. The van der Waals surface area contributed by atoms with Crippen molar-refractivity contribution < 1.29 is 9.59 Å². The van der Waals surface area contributed by atoms with Gasteiger partial charge in [-0.2, -0.15) is 0 Å². The monoisotopic (exact) mass is 322 g/mol. The second-order valence-corrected chi connectivity index (χ2v) is 8.09. The van der Waals surface area contributed by atoms with E-state index in [0.717, 1.165) is 25.0 Å². The van der Waals surface area contributed by atoms with Crippen LogP contribution < -0.4 is 0 Å². The highest BCUT2D eigenvalue weighted by atomic mass is 32.2. The van der Waals surface area contributed by atoms with Crippen molar-refractivity contribution in [1.82, 2.24) is 9.80 Å². The lowest BCUT2D eigenvalue weighted by atomic mass is 10.1. The number of hydrogen-bond acceptors (Lipinski definition) is 4. The van der Waals surface area contributed by atoms with Gasteiger partial charge in [0.1, 0.15) is 5.25 Å². The number of hydrogen-bond donors (Lipinski definition) is 0. The fourth-order valence-electron chi connectivity index (χ4n) is 3.16. The fourth-order valence-corrected chi connectivity index (χ4v) is 5.54. The summed E-state index contributed by atoms with van der Waals surface area (Å²) in [4.78, 5) is 30.1. The molecule has 0 N–H and O–H groups in total. The van der Waals surface area contributed by atoms with Crippen LogP contribution in [0.15, 0.2) is 11.4 Å². The molecule has 0 bridgehead atoms. The van der Waals surface area contributed by atoms with Crippen LogP contribution >= 0.6 is 23.1 Å². The van der Waals surface area contributed by atoms with Gasteiger partial charge in [-0.25, -0.2) is 0 Å². The third-order valence-corrected chi connectivity index (χ3v) is 6.68. The van der Waals surface area contributed by atoms with Crippen molar-refractivity contribution in [3.63, 3.8) is 0 Å². The molecule has 21 heavy (non-hydrogen) atoms. The van der Waals surface area contributed by atoms with E-state index in [2.05, 4.69) is 11.4 Å². The summed E-state index contributed by atoms with van der Waals surface area (Å²) in [6, 6.07) is 2.54. The molecule has 2 fully saturated rings. The number of amides is 2. The van der Waals surface area contributed by atoms with Crippen molar-refractivity contribution >= 4 is 34.9 Å². The first-order chi connectivity index (χ1) is 10.2. The van der Waals surface area contributed by atoms with Crippen LogP contribution in [0.4, 0.5) is 0 Å². The van der Waals surface area contributed by atoms with E-state index in [1.807, 2.05) is 4.90 Å². The van der Waals surface area contributed by atoms with Gasteiger partial charge in [0, 0.05) is 24.0 Å². The highest BCUT2D eigenvalue weighted by Crippen LogP contribution is 2.40. The van der Waals surface area contributed by atoms with Crippen LogP contribution in [0.3, 0.4) is 0 Å². The minimum Gasteiger partial charge on any atom is -0.336 e. The van der Waals surface area contributed by atoms with E-state index in [-0.39, 0.29) is 23.6 Å². The zero-order chi connectivity index (χ0) is 14.4. The summed E-state index contributed by atoms with van der Waals surface area (Å²) in [6.45, 7) is 1.67. The van der Waals surface area contributed by atoms with Gasteiger partial charge in [-0.3, -0.25) is 9.59 Å². The number of carbonyl (C=O) groups excluding carboxylic acids is 2. The molecule has 6 heteroatoms. The Morgan fingerprint density at radius 1 is 1.29 bits per heavy atom. The Kier molecular flexibility index (Phi) is 3.46. The van der Waals surface area contributed by atoms with E-state index >= 15 is 0 Å². The van der Waals surface area contributed by atoms with Crippen molar-refractivity contribution in [3.05, 3.63) is 21.9 Å². The van der Waals surface area contributed by atoms with E-state index in [1.165, 1.54) is 10.4 Å². The van der Waals surface area contributed by atoms with Gasteiger partial charge in [0.2, 0.25) is 11.8 Å². The van der Waals surface area contributed by atoms with Crippen LogP contribution in [0.2, 0.25) is 0 Å². The maximum Gasteiger partial charge on any atom is 0.242 e. The zero-order valence-electron chi connectivity index (χ0n) is 11.8. The molecule has 112 valence electrons. The third kappa shape index (κ3) is 2.48. The van der Waals surface area contributed by atoms with E-state index in [0.29, 0.717) is 19.1 Å². The Bertz CT molecular complexity index is 582. The maximum atomic E-state index is 12.8. The molecule has 3 heterocycles. The second kappa shape index (κ2) is 5.32. The molecule has 1 atom stereocenters. The van der Waals surface area contributed by atoms with Crippen molar-refractivity contribution in [2.45, 2.75) is 30.6 Å². The Morgan fingerprint density at radius 2 is 2.14 bits per heavy atom. The molecular formula is C15H18N2O2S2. The average molecular weight is 322 g/mol. The molecule has 0 aromatic carbocycles. The Balaban J connectivity index is 1.48. The van der Waals surface area contributed by atoms with Crippen molar-refractivity contribution in [2.75, 3.05) is 25.4 Å². The molecule has 2 amide bonds. The molecule has 4 rings (SSSR count). The largest absolute Gasteiger partial charge is 0.336 e. The van der Waals surface area contributed by atoms with Gasteiger partial charge in [-0.15, -0.1) is 23.1 Å². The van der Waals surface area contributed by atoms with Gasteiger partial charge in [0.25, 0.3) is 0 Å². The topological polar surface area (TPSA) is 40.6 Å². The Labute approximate surface area is 132 Å². The Hall–Kier alpha value is -1.01. The van der Waals surface area contributed by atoms with Gasteiger partial charge in [-0.05, 0) is 42.0 Å². The molecule has 0 spiro atoms. The molecule has 2 aliphatic heterocycles. The third-order valence-electron chi connectivity index (χ3n) is 4.46. The number of thiophene rings is 1. The first kappa shape index (κ1) is 13.6. The van der Waals surface area contributed by atoms with E-state index in [9.17, 15) is 9.59 Å². The second-order valence-electron chi connectivity index (χ2n) is 5.88. The minimum absolute atomic E-state index is 0.0970. The summed E-state index contributed by atoms with van der Waals surface area (Å²) >= 11 is 3.47. The van der Waals surface area contributed by atoms with Crippen LogP contribution in [-0.4, -0.2) is 53.0 Å². The minimum atomic E-state index is -0.0970. The molecule has 1 saturated heterocycles. The number of piperazine rings is 1. The van der Waals surface area contributed by atoms with E-state index in [1.54, 1.807) is 28.0 Å². The van der Waals surface area contributed by atoms with E-state index in [4.69, 9.17) is 0 Å². The first-order valence-corrected chi connectivity index (χ1v) is 9.43. The number of nitrogens with zero attached hydrogens (tertiary/aromatic N) is 2. The molecule has 1 saturated carbocycles. The van der Waals surface area contributed by atoms with Gasteiger partial charge < -0.3 is 9.80 Å². The number of aryl methyl sites for hydroxylation is 1. The number of carbonyl (C=O) groups is 2. The Morgan fingerprint density at radius 3 is 2.90 bits per heavy atom. The lowest BCUT2D eigenvalue weighted by molar-refractivity contribution is -0.145. The average Bonchev–Trinajstić information content (AvgIpc) is 3.22.